The Morgan fingerprint density at radius 2 is 2.19 bits per heavy atom. The summed E-state index contributed by atoms with van der Waals surface area (Å²) < 4.78 is 0. The highest BCUT2D eigenvalue weighted by Gasteiger charge is 2.26. The molecule has 1 aliphatic rings. The Balaban J connectivity index is 2.05. The summed E-state index contributed by atoms with van der Waals surface area (Å²) in [6.07, 6.45) is 1.01. The maximum absolute atomic E-state index is 12.3. The van der Waals surface area contributed by atoms with E-state index in [0.717, 1.165) is 36.6 Å². The third kappa shape index (κ3) is 4.06. The molecule has 1 aliphatic heterocycles. The van der Waals surface area contributed by atoms with Crippen LogP contribution < -0.4 is 16.0 Å². The molecular weight excluding hydrogens is 282 g/mol. The second-order valence-corrected chi connectivity index (χ2v) is 7.06. The molecule has 0 radical (unpaired) electrons. The van der Waals surface area contributed by atoms with Crippen LogP contribution in [0.5, 0.6) is 0 Å². The van der Waals surface area contributed by atoms with Gasteiger partial charge in [-0.15, -0.1) is 11.8 Å². The lowest BCUT2D eigenvalue weighted by atomic mass is 10.1. The Bertz CT molecular complexity index is 504. The van der Waals surface area contributed by atoms with Crippen molar-refractivity contribution >= 4 is 29.0 Å². The molecule has 0 spiro atoms. The van der Waals surface area contributed by atoms with Crippen molar-refractivity contribution in [2.75, 3.05) is 29.5 Å². The molecule has 21 heavy (non-hydrogen) atoms. The van der Waals surface area contributed by atoms with Gasteiger partial charge in [0.2, 0.25) is 5.91 Å². The fourth-order valence-corrected chi connectivity index (χ4v) is 3.43. The molecule has 5 heteroatoms. The Kier molecular flexibility index (Phi) is 5.39. The zero-order valence-corrected chi connectivity index (χ0v) is 13.9. The van der Waals surface area contributed by atoms with E-state index in [9.17, 15) is 4.79 Å². The van der Waals surface area contributed by atoms with Crippen LogP contribution in [0.1, 0.15) is 27.2 Å². The van der Waals surface area contributed by atoms with Crippen LogP contribution in [0.4, 0.5) is 11.4 Å². The fraction of sp³-hybridized carbons (Fsp3) is 0.562. The molecule has 1 amide bonds. The van der Waals surface area contributed by atoms with Crippen LogP contribution >= 0.6 is 11.8 Å². The standard InChI is InChI=1S/C16H25N3OS/c1-11(2)6-7-18-16(20)12(3)19-8-9-21-15-5-4-13(17)10-14(15)19/h4-5,10-12H,6-9,17H2,1-3H3,(H,18,20). The van der Waals surface area contributed by atoms with Gasteiger partial charge in [0.25, 0.3) is 0 Å². The zero-order chi connectivity index (χ0) is 15.4. The minimum Gasteiger partial charge on any atom is -0.399 e. The van der Waals surface area contributed by atoms with Crippen LogP contribution in [0.15, 0.2) is 23.1 Å². The van der Waals surface area contributed by atoms with Crippen LogP contribution in [0, 0.1) is 5.92 Å². The van der Waals surface area contributed by atoms with E-state index in [1.54, 1.807) is 0 Å². The van der Waals surface area contributed by atoms with E-state index >= 15 is 0 Å². The summed E-state index contributed by atoms with van der Waals surface area (Å²) in [5, 5.41) is 3.04. The lowest BCUT2D eigenvalue weighted by Gasteiger charge is -2.35. The van der Waals surface area contributed by atoms with Gasteiger partial charge in [-0.3, -0.25) is 4.79 Å². The molecule has 1 unspecified atom stereocenters. The molecule has 0 fully saturated rings. The van der Waals surface area contributed by atoms with Gasteiger partial charge >= 0.3 is 0 Å². The Labute approximate surface area is 131 Å². The predicted octanol–water partition coefficient (Wildman–Crippen LogP) is 2.73. The molecule has 0 saturated carbocycles. The van der Waals surface area contributed by atoms with Crippen molar-refractivity contribution in [2.24, 2.45) is 5.92 Å². The van der Waals surface area contributed by atoms with Gasteiger partial charge in [0.1, 0.15) is 6.04 Å². The van der Waals surface area contributed by atoms with Gasteiger partial charge in [-0.2, -0.15) is 0 Å². The summed E-state index contributed by atoms with van der Waals surface area (Å²) in [5.41, 5.74) is 7.72. The maximum atomic E-state index is 12.3. The van der Waals surface area contributed by atoms with E-state index in [2.05, 4.69) is 24.1 Å². The average Bonchev–Trinajstić information content (AvgIpc) is 2.45. The SMILES string of the molecule is CC(C)CCNC(=O)C(C)N1CCSc2ccc(N)cc21. The topological polar surface area (TPSA) is 58.4 Å². The van der Waals surface area contributed by atoms with Crippen molar-refractivity contribution in [3.63, 3.8) is 0 Å². The number of nitrogens with two attached hydrogens (primary N) is 1. The number of anilines is 2. The van der Waals surface area contributed by atoms with Crippen molar-refractivity contribution in [3.05, 3.63) is 18.2 Å². The molecule has 2 rings (SSSR count). The van der Waals surface area contributed by atoms with Crippen LogP contribution in [-0.4, -0.2) is 30.8 Å². The molecule has 1 aromatic rings. The smallest absolute Gasteiger partial charge is 0.242 e. The van der Waals surface area contributed by atoms with Crippen molar-refractivity contribution in [1.29, 1.82) is 0 Å². The van der Waals surface area contributed by atoms with E-state index in [-0.39, 0.29) is 11.9 Å². The van der Waals surface area contributed by atoms with Crippen LogP contribution in [0.2, 0.25) is 0 Å². The zero-order valence-electron chi connectivity index (χ0n) is 13.1. The van der Waals surface area contributed by atoms with E-state index in [1.807, 2.05) is 36.9 Å². The van der Waals surface area contributed by atoms with E-state index in [0.29, 0.717) is 5.92 Å². The molecule has 0 bridgehead atoms. The fourth-order valence-electron chi connectivity index (χ4n) is 2.43. The number of fused-ring (bicyclic) bond motifs is 1. The Morgan fingerprint density at radius 1 is 1.43 bits per heavy atom. The number of rotatable bonds is 5. The Morgan fingerprint density at radius 3 is 2.90 bits per heavy atom. The second-order valence-electron chi connectivity index (χ2n) is 5.92. The first-order valence-corrected chi connectivity index (χ1v) is 8.54. The quantitative estimate of drug-likeness (QED) is 0.821. The minimum atomic E-state index is -0.168. The Hall–Kier alpha value is -1.36. The highest BCUT2D eigenvalue weighted by atomic mass is 32.2. The first-order valence-electron chi connectivity index (χ1n) is 7.55. The van der Waals surface area contributed by atoms with Gasteiger partial charge in [0, 0.05) is 29.4 Å². The van der Waals surface area contributed by atoms with E-state index in [4.69, 9.17) is 5.73 Å². The molecule has 0 saturated heterocycles. The van der Waals surface area contributed by atoms with Gasteiger partial charge in [-0.25, -0.2) is 0 Å². The molecule has 1 aromatic carbocycles. The summed E-state index contributed by atoms with van der Waals surface area (Å²) in [7, 11) is 0. The third-order valence-corrected chi connectivity index (χ3v) is 4.79. The monoisotopic (exact) mass is 307 g/mol. The van der Waals surface area contributed by atoms with Crippen molar-refractivity contribution in [3.8, 4) is 0 Å². The van der Waals surface area contributed by atoms with E-state index < -0.39 is 0 Å². The summed E-state index contributed by atoms with van der Waals surface area (Å²) in [4.78, 5) is 15.7. The summed E-state index contributed by atoms with van der Waals surface area (Å²) in [6, 6.07) is 5.77. The van der Waals surface area contributed by atoms with Gasteiger partial charge in [-0.05, 0) is 37.5 Å². The summed E-state index contributed by atoms with van der Waals surface area (Å²) >= 11 is 1.82. The van der Waals surface area contributed by atoms with Gasteiger partial charge in [0.15, 0.2) is 0 Å². The normalized spacial score (nSPS) is 15.7. The number of carbonyl (C=O) groups excluding carboxylic acids is 1. The number of hydrogen-bond donors (Lipinski definition) is 2. The average molecular weight is 307 g/mol. The molecule has 0 aromatic heterocycles. The molecule has 1 atom stereocenters. The lowest BCUT2D eigenvalue weighted by molar-refractivity contribution is -0.122. The van der Waals surface area contributed by atoms with Crippen LogP contribution in [0.3, 0.4) is 0 Å². The molecular formula is C16H25N3OS. The number of nitrogen functional groups attached to an aromatic ring is 1. The number of nitrogens with zero attached hydrogens (tertiary/aromatic N) is 1. The molecule has 3 N–H and O–H groups in total. The number of amides is 1. The first kappa shape index (κ1) is 16.0. The highest BCUT2D eigenvalue weighted by Crippen LogP contribution is 2.37. The molecule has 116 valence electrons. The first-order chi connectivity index (χ1) is 9.99. The number of nitrogens with one attached hydrogen (secondary N) is 1. The minimum absolute atomic E-state index is 0.0934. The second kappa shape index (κ2) is 7.07. The van der Waals surface area contributed by atoms with Gasteiger partial charge in [0.05, 0.1) is 5.69 Å². The van der Waals surface area contributed by atoms with E-state index in [1.165, 1.54) is 4.90 Å². The van der Waals surface area contributed by atoms with Gasteiger partial charge in [-0.1, -0.05) is 13.8 Å². The largest absolute Gasteiger partial charge is 0.399 e. The van der Waals surface area contributed by atoms with Gasteiger partial charge < -0.3 is 16.0 Å². The number of hydrogen-bond acceptors (Lipinski definition) is 4. The number of thioether (sulfide) groups is 1. The number of benzene rings is 1. The molecule has 0 aliphatic carbocycles. The summed E-state index contributed by atoms with van der Waals surface area (Å²) in [6.45, 7) is 7.91. The highest BCUT2D eigenvalue weighted by molar-refractivity contribution is 7.99. The predicted molar refractivity (Wildman–Crippen MR) is 90.9 cm³/mol. The maximum Gasteiger partial charge on any atom is 0.242 e. The number of carbonyl (C=O) groups is 1. The lowest BCUT2D eigenvalue weighted by Crippen LogP contribution is -2.47. The van der Waals surface area contributed by atoms with Crippen LogP contribution in [-0.2, 0) is 4.79 Å². The van der Waals surface area contributed by atoms with Crippen molar-refractivity contribution < 1.29 is 4.79 Å². The van der Waals surface area contributed by atoms with Crippen molar-refractivity contribution in [1.82, 2.24) is 5.32 Å². The molecule has 4 nitrogen and oxygen atoms in total. The third-order valence-electron chi connectivity index (χ3n) is 3.75. The van der Waals surface area contributed by atoms with Crippen LogP contribution in [0.25, 0.3) is 0 Å². The summed E-state index contributed by atoms with van der Waals surface area (Å²) in [5.74, 6) is 1.70. The molecule has 1 heterocycles. The van der Waals surface area contributed by atoms with Crippen molar-refractivity contribution in [2.45, 2.75) is 38.1 Å².